The second kappa shape index (κ2) is 4.76. The van der Waals surface area contributed by atoms with E-state index in [1.54, 1.807) is 0 Å². The summed E-state index contributed by atoms with van der Waals surface area (Å²) in [6.07, 6.45) is 0.153. The molecule has 6 heteroatoms. The minimum absolute atomic E-state index is 0.0229. The molecule has 2 heterocycles. The zero-order valence-electron chi connectivity index (χ0n) is 11.0. The van der Waals surface area contributed by atoms with Crippen LogP contribution in [0.2, 0.25) is 0 Å². The highest BCUT2D eigenvalue weighted by molar-refractivity contribution is 5.72. The van der Waals surface area contributed by atoms with Gasteiger partial charge in [-0.05, 0) is 6.92 Å². The molecule has 6 nitrogen and oxygen atoms in total. The number of rotatable bonds is 2. The van der Waals surface area contributed by atoms with E-state index in [0.717, 1.165) is 0 Å². The van der Waals surface area contributed by atoms with Crippen LogP contribution in [0.3, 0.4) is 0 Å². The Morgan fingerprint density at radius 1 is 1.37 bits per heavy atom. The van der Waals surface area contributed by atoms with Crippen molar-refractivity contribution in [2.75, 3.05) is 6.61 Å². The second-order valence-electron chi connectivity index (χ2n) is 5.43. The van der Waals surface area contributed by atoms with Crippen molar-refractivity contribution in [3.8, 4) is 0 Å². The van der Waals surface area contributed by atoms with Crippen molar-refractivity contribution >= 4 is 11.9 Å². The summed E-state index contributed by atoms with van der Waals surface area (Å²) in [5, 5.41) is 0. The number of hydrogen-bond donors (Lipinski definition) is 0. The first kappa shape index (κ1) is 12.9. The lowest BCUT2D eigenvalue weighted by Gasteiger charge is -2.26. The minimum atomic E-state index is -0.312. The molecule has 3 fully saturated rings. The fourth-order valence-corrected chi connectivity index (χ4v) is 3.51. The Morgan fingerprint density at radius 2 is 2.16 bits per heavy atom. The summed E-state index contributed by atoms with van der Waals surface area (Å²) < 4.78 is 21.8. The Bertz CT molecular complexity index is 395. The molecule has 0 bridgehead atoms. The summed E-state index contributed by atoms with van der Waals surface area (Å²) >= 11 is 0. The van der Waals surface area contributed by atoms with E-state index in [4.69, 9.17) is 18.9 Å². The molecule has 2 saturated heterocycles. The zero-order valence-corrected chi connectivity index (χ0v) is 11.0. The first-order chi connectivity index (χ1) is 9.04. The van der Waals surface area contributed by atoms with Gasteiger partial charge in [0.15, 0.2) is 6.29 Å². The lowest BCUT2D eigenvalue weighted by Crippen LogP contribution is -2.36. The van der Waals surface area contributed by atoms with Crippen LogP contribution in [0.1, 0.15) is 26.7 Å². The lowest BCUT2D eigenvalue weighted by atomic mass is 9.87. The summed E-state index contributed by atoms with van der Waals surface area (Å²) in [5.74, 6) is -0.442. The van der Waals surface area contributed by atoms with Gasteiger partial charge < -0.3 is 18.9 Å². The molecule has 1 saturated carbocycles. The van der Waals surface area contributed by atoms with E-state index in [2.05, 4.69) is 0 Å². The maximum atomic E-state index is 11.4. The number of carbonyl (C=O) groups is 2. The van der Waals surface area contributed by atoms with Crippen molar-refractivity contribution in [3.05, 3.63) is 0 Å². The number of fused-ring (bicyclic) bond motifs is 1. The highest BCUT2D eigenvalue weighted by Crippen LogP contribution is 2.46. The van der Waals surface area contributed by atoms with Crippen LogP contribution >= 0.6 is 0 Å². The van der Waals surface area contributed by atoms with Crippen molar-refractivity contribution in [2.45, 2.75) is 51.3 Å². The summed E-state index contributed by atoms with van der Waals surface area (Å²) in [6.45, 7) is 3.70. The quantitative estimate of drug-likeness (QED) is 0.685. The molecule has 19 heavy (non-hydrogen) atoms. The van der Waals surface area contributed by atoms with Crippen LogP contribution < -0.4 is 0 Å². The topological polar surface area (TPSA) is 71.1 Å². The molecule has 0 N–H and O–H groups in total. The molecule has 0 aromatic carbocycles. The van der Waals surface area contributed by atoms with Crippen LogP contribution in [0.25, 0.3) is 0 Å². The van der Waals surface area contributed by atoms with E-state index in [0.29, 0.717) is 19.4 Å². The van der Waals surface area contributed by atoms with E-state index in [1.165, 1.54) is 6.92 Å². The minimum Gasteiger partial charge on any atom is -0.462 e. The van der Waals surface area contributed by atoms with Gasteiger partial charge in [-0.3, -0.25) is 9.59 Å². The van der Waals surface area contributed by atoms with Crippen LogP contribution in [0.4, 0.5) is 0 Å². The molecular formula is C13H18O6. The van der Waals surface area contributed by atoms with Crippen molar-refractivity contribution in [1.82, 2.24) is 0 Å². The maximum absolute atomic E-state index is 11.4. The zero-order chi connectivity index (χ0) is 13.6. The van der Waals surface area contributed by atoms with Gasteiger partial charge in [-0.2, -0.15) is 0 Å². The number of hydrogen-bond acceptors (Lipinski definition) is 6. The average Bonchev–Trinajstić information content (AvgIpc) is 2.92. The van der Waals surface area contributed by atoms with E-state index in [9.17, 15) is 9.59 Å². The molecule has 3 aliphatic rings. The Kier molecular flexibility index (Phi) is 3.22. The van der Waals surface area contributed by atoms with Crippen molar-refractivity contribution < 1.29 is 28.5 Å². The highest BCUT2D eigenvalue weighted by Gasteiger charge is 2.55. The molecule has 2 unspecified atom stereocenters. The van der Waals surface area contributed by atoms with Gasteiger partial charge in [-0.15, -0.1) is 0 Å². The van der Waals surface area contributed by atoms with Gasteiger partial charge in [0.1, 0.15) is 12.2 Å². The third kappa shape index (κ3) is 2.34. The van der Waals surface area contributed by atoms with Crippen LogP contribution in [0.5, 0.6) is 0 Å². The van der Waals surface area contributed by atoms with Crippen LogP contribution in [0.15, 0.2) is 0 Å². The molecule has 3 rings (SSSR count). The fraction of sp³-hybridized carbons (Fsp3) is 0.846. The fourth-order valence-electron chi connectivity index (χ4n) is 3.51. The maximum Gasteiger partial charge on any atom is 0.306 e. The third-order valence-electron chi connectivity index (χ3n) is 4.16. The smallest absolute Gasteiger partial charge is 0.306 e. The van der Waals surface area contributed by atoms with Crippen molar-refractivity contribution in [3.63, 3.8) is 0 Å². The number of esters is 2. The summed E-state index contributed by atoms with van der Waals surface area (Å²) in [4.78, 5) is 22.6. The van der Waals surface area contributed by atoms with Gasteiger partial charge in [-0.25, -0.2) is 0 Å². The van der Waals surface area contributed by atoms with Crippen LogP contribution in [-0.4, -0.2) is 43.1 Å². The van der Waals surface area contributed by atoms with E-state index >= 15 is 0 Å². The first-order valence-electron chi connectivity index (χ1n) is 6.68. The van der Waals surface area contributed by atoms with Crippen molar-refractivity contribution in [1.29, 1.82) is 0 Å². The Balaban J connectivity index is 1.78. The first-order valence-corrected chi connectivity index (χ1v) is 6.68. The van der Waals surface area contributed by atoms with E-state index in [-0.39, 0.29) is 48.4 Å². The van der Waals surface area contributed by atoms with Gasteiger partial charge in [-0.1, -0.05) is 0 Å². The van der Waals surface area contributed by atoms with Gasteiger partial charge in [0.25, 0.3) is 0 Å². The van der Waals surface area contributed by atoms with Crippen LogP contribution in [0, 0.1) is 11.8 Å². The largest absolute Gasteiger partial charge is 0.462 e. The monoisotopic (exact) mass is 270 g/mol. The summed E-state index contributed by atoms with van der Waals surface area (Å²) in [7, 11) is 0. The second-order valence-corrected chi connectivity index (χ2v) is 5.43. The van der Waals surface area contributed by atoms with Gasteiger partial charge in [0.2, 0.25) is 0 Å². The molecular weight excluding hydrogens is 252 g/mol. The Hall–Kier alpha value is -1.14. The lowest BCUT2D eigenvalue weighted by molar-refractivity contribution is -0.152. The molecule has 0 amide bonds. The standard InChI is InChI=1S/C13H18O6/c1-6(14)17-10-4-9-8(3-12(15)19-9)13(10)11-5-16-7(2)18-11/h7-11,13H,3-5H2,1-2H3/t7?,8-,9-,10+,11?,13+/m0/s1. The molecule has 0 aromatic heterocycles. The molecule has 2 aliphatic heterocycles. The predicted molar refractivity (Wildman–Crippen MR) is 61.9 cm³/mol. The average molecular weight is 270 g/mol. The molecule has 0 aromatic rings. The van der Waals surface area contributed by atoms with E-state index < -0.39 is 0 Å². The van der Waals surface area contributed by atoms with Crippen molar-refractivity contribution in [2.24, 2.45) is 11.8 Å². The predicted octanol–water partition coefficient (Wildman–Crippen LogP) is 0.631. The van der Waals surface area contributed by atoms with Crippen LogP contribution in [-0.2, 0) is 28.5 Å². The summed E-state index contributed by atoms with van der Waals surface area (Å²) in [5.41, 5.74) is 0. The third-order valence-corrected chi connectivity index (χ3v) is 4.16. The van der Waals surface area contributed by atoms with Gasteiger partial charge >= 0.3 is 11.9 Å². The Labute approximate surface area is 111 Å². The molecule has 0 spiro atoms. The molecule has 6 atom stereocenters. The number of carbonyl (C=O) groups excluding carboxylic acids is 2. The number of ether oxygens (including phenoxy) is 4. The van der Waals surface area contributed by atoms with E-state index in [1.807, 2.05) is 6.92 Å². The SMILES string of the molecule is CC(=O)O[C@@H]1C[C@@H]2OC(=O)C[C@@H]2[C@H]1C1COC(C)O1. The Morgan fingerprint density at radius 3 is 2.79 bits per heavy atom. The van der Waals surface area contributed by atoms with Gasteiger partial charge in [0, 0.05) is 25.2 Å². The highest BCUT2D eigenvalue weighted by atomic mass is 16.7. The molecule has 0 radical (unpaired) electrons. The normalized spacial score (nSPS) is 45.1. The summed E-state index contributed by atoms with van der Waals surface area (Å²) in [6, 6.07) is 0. The molecule has 106 valence electrons. The van der Waals surface area contributed by atoms with Gasteiger partial charge in [0.05, 0.1) is 19.1 Å². The molecule has 1 aliphatic carbocycles.